The summed E-state index contributed by atoms with van der Waals surface area (Å²) in [5, 5.41) is 0.983. The normalized spacial score (nSPS) is 16.0. The molecule has 10 nitrogen and oxygen atoms in total. The maximum absolute atomic E-state index is 13.6. The molecule has 4 heterocycles. The number of aromatic nitrogens is 6. The van der Waals surface area contributed by atoms with Crippen LogP contribution in [-0.2, 0) is 20.1 Å². The van der Waals surface area contributed by atoms with Crippen molar-refractivity contribution < 1.29 is 0 Å². The average molecular weight is 473 g/mol. The lowest BCUT2D eigenvalue weighted by molar-refractivity contribution is 0.494. The van der Waals surface area contributed by atoms with Gasteiger partial charge < -0.3 is 10.6 Å². The molecule has 0 aliphatic carbocycles. The molecule has 1 aliphatic heterocycles. The van der Waals surface area contributed by atoms with Crippen molar-refractivity contribution in [2.75, 3.05) is 18.0 Å². The Balaban J connectivity index is 1.75. The summed E-state index contributed by atoms with van der Waals surface area (Å²) in [6, 6.07) is 7.85. The molecule has 0 unspecified atom stereocenters. The van der Waals surface area contributed by atoms with Crippen LogP contribution in [0.1, 0.15) is 31.3 Å². The molecule has 10 heteroatoms. The number of piperidine rings is 1. The third kappa shape index (κ3) is 3.98. The molecule has 0 bridgehead atoms. The van der Waals surface area contributed by atoms with Crippen molar-refractivity contribution in [2.45, 2.75) is 45.8 Å². The summed E-state index contributed by atoms with van der Waals surface area (Å²) in [4.78, 5) is 42.9. The van der Waals surface area contributed by atoms with Crippen LogP contribution in [0.5, 0.6) is 0 Å². The summed E-state index contributed by atoms with van der Waals surface area (Å²) >= 11 is 0. The zero-order valence-electron chi connectivity index (χ0n) is 20.2. The van der Waals surface area contributed by atoms with Crippen LogP contribution < -0.4 is 21.9 Å². The maximum Gasteiger partial charge on any atom is 0.333 e. The van der Waals surface area contributed by atoms with Gasteiger partial charge in [-0.25, -0.2) is 19.3 Å². The molecular weight excluding hydrogens is 444 g/mol. The summed E-state index contributed by atoms with van der Waals surface area (Å²) in [5.74, 6) is 6.74. The van der Waals surface area contributed by atoms with Crippen molar-refractivity contribution >= 4 is 28.0 Å². The minimum Gasteiger partial charge on any atom is -0.341 e. The maximum atomic E-state index is 13.6. The van der Waals surface area contributed by atoms with Crippen LogP contribution in [0, 0.1) is 18.8 Å². The van der Waals surface area contributed by atoms with Crippen molar-refractivity contribution in [2.24, 2.45) is 12.8 Å². The second kappa shape index (κ2) is 9.00. The lowest BCUT2D eigenvalue weighted by Gasteiger charge is -2.31. The molecule has 0 saturated carbocycles. The molecule has 35 heavy (non-hydrogen) atoms. The fourth-order valence-electron chi connectivity index (χ4n) is 4.75. The Morgan fingerprint density at radius 2 is 1.94 bits per heavy atom. The van der Waals surface area contributed by atoms with E-state index in [2.05, 4.69) is 16.7 Å². The zero-order chi connectivity index (χ0) is 24.7. The molecule has 5 rings (SSSR count). The molecule has 1 saturated heterocycles. The highest BCUT2D eigenvalue weighted by Crippen LogP contribution is 2.24. The van der Waals surface area contributed by atoms with Gasteiger partial charge in [-0.2, -0.15) is 4.98 Å². The highest BCUT2D eigenvalue weighted by atomic mass is 16.2. The van der Waals surface area contributed by atoms with Gasteiger partial charge in [0.25, 0.3) is 5.56 Å². The molecule has 1 atom stereocenters. The third-order valence-electron chi connectivity index (χ3n) is 6.51. The summed E-state index contributed by atoms with van der Waals surface area (Å²) in [6.45, 7) is 5.25. The smallest absolute Gasteiger partial charge is 0.333 e. The van der Waals surface area contributed by atoms with E-state index in [1.54, 1.807) is 14.0 Å². The van der Waals surface area contributed by atoms with Crippen molar-refractivity contribution in [3.63, 3.8) is 0 Å². The zero-order valence-corrected chi connectivity index (χ0v) is 20.2. The number of nitrogens with zero attached hydrogens (tertiary/aromatic N) is 7. The van der Waals surface area contributed by atoms with Gasteiger partial charge >= 0.3 is 5.69 Å². The SMILES string of the molecule is CC#CCn1c(=O)c2c(nc(N3CCC[C@@H](N)C3)n2Cc2nc(C)c3ccccc3n2)n(C)c1=O. The van der Waals surface area contributed by atoms with Gasteiger partial charge in [-0.15, -0.1) is 5.92 Å². The third-order valence-corrected chi connectivity index (χ3v) is 6.51. The predicted octanol–water partition coefficient (Wildman–Crippen LogP) is 1.15. The Morgan fingerprint density at radius 1 is 1.14 bits per heavy atom. The number of aryl methyl sites for hydroxylation is 2. The highest BCUT2D eigenvalue weighted by Gasteiger charge is 2.27. The van der Waals surface area contributed by atoms with E-state index in [1.807, 2.05) is 35.8 Å². The van der Waals surface area contributed by atoms with E-state index in [9.17, 15) is 9.59 Å². The van der Waals surface area contributed by atoms with Crippen molar-refractivity contribution in [3.05, 3.63) is 56.6 Å². The van der Waals surface area contributed by atoms with Gasteiger partial charge in [0.1, 0.15) is 5.82 Å². The Morgan fingerprint density at radius 3 is 2.71 bits per heavy atom. The van der Waals surface area contributed by atoms with Gasteiger partial charge in [0.2, 0.25) is 5.95 Å². The molecule has 0 amide bonds. The molecule has 0 radical (unpaired) electrons. The Bertz CT molecular complexity index is 1620. The van der Waals surface area contributed by atoms with Crippen LogP contribution in [0.3, 0.4) is 0 Å². The monoisotopic (exact) mass is 472 g/mol. The molecular formula is C25H28N8O2. The Kier molecular flexibility index (Phi) is 5.86. The first-order valence-electron chi connectivity index (χ1n) is 11.7. The van der Waals surface area contributed by atoms with E-state index < -0.39 is 11.2 Å². The largest absolute Gasteiger partial charge is 0.341 e. The lowest BCUT2D eigenvalue weighted by Crippen LogP contribution is -2.44. The first-order valence-corrected chi connectivity index (χ1v) is 11.7. The van der Waals surface area contributed by atoms with Crippen LogP contribution in [-0.4, -0.2) is 47.8 Å². The van der Waals surface area contributed by atoms with Gasteiger partial charge in [-0.1, -0.05) is 24.1 Å². The molecule has 1 aromatic carbocycles. The highest BCUT2D eigenvalue weighted by molar-refractivity contribution is 5.80. The van der Waals surface area contributed by atoms with Gasteiger partial charge in [-0.05, 0) is 32.8 Å². The van der Waals surface area contributed by atoms with Crippen LogP contribution in [0.2, 0.25) is 0 Å². The van der Waals surface area contributed by atoms with E-state index in [0.29, 0.717) is 29.5 Å². The number of rotatable bonds is 4. The number of fused-ring (bicyclic) bond motifs is 2. The number of hydrogen-bond acceptors (Lipinski definition) is 7. The van der Waals surface area contributed by atoms with Gasteiger partial charge in [0, 0.05) is 37.3 Å². The Labute approximate surface area is 202 Å². The fraction of sp³-hybridized carbons (Fsp3) is 0.400. The number of anilines is 1. The first kappa shape index (κ1) is 22.8. The van der Waals surface area contributed by atoms with E-state index in [-0.39, 0.29) is 19.1 Å². The number of imidazole rings is 1. The Hall–Kier alpha value is -3.97. The van der Waals surface area contributed by atoms with Crippen LogP contribution >= 0.6 is 0 Å². The molecule has 180 valence electrons. The molecule has 4 aromatic rings. The number of benzene rings is 1. The average Bonchev–Trinajstić information content (AvgIpc) is 3.22. The number of hydrogen-bond donors (Lipinski definition) is 1. The standard InChI is InChI=1S/C25H28N8O2/c1-4-5-13-32-23(34)21-22(30(3)25(32)35)29-24(31-12-8-9-17(26)14-31)33(21)15-20-27-16(2)18-10-6-7-11-19(18)28-20/h6-7,10-11,17H,8-9,12-15,26H2,1-3H3/t17-/m1/s1. The summed E-state index contributed by atoms with van der Waals surface area (Å²) < 4.78 is 4.38. The minimum atomic E-state index is -0.449. The van der Waals surface area contributed by atoms with Crippen LogP contribution in [0.15, 0.2) is 33.9 Å². The van der Waals surface area contributed by atoms with Crippen molar-refractivity contribution in [3.8, 4) is 11.8 Å². The molecule has 1 aliphatic rings. The summed E-state index contributed by atoms with van der Waals surface area (Å²) in [7, 11) is 1.62. The van der Waals surface area contributed by atoms with Crippen LogP contribution in [0.4, 0.5) is 5.95 Å². The van der Waals surface area contributed by atoms with E-state index in [0.717, 1.165) is 40.6 Å². The van der Waals surface area contributed by atoms with E-state index >= 15 is 0 Å². The predicted molar refractivity (Wildman–Crippen MR) is 135 cm³/mol. The fourth-order valence-corrected chi connectivity index (χ4v) is 4.75. The minimum absolute atomic E-state index is 0.0106. The van der Waals surface area contributed by atoms with Gasteiger partial charge in [0.15, 0.2) is 11.2 Å². The van der Waals surface area contributed by atoms with E-state index in [4.69, 9.17) is 20.7 Å². The van der Waals surface area contributed by atoms with E-state index in [1.165, 1.54) is 4.57 Å². The lowest BCUT2D eigenvalue weighted by atomic mass is 10.1. The second-order valence-corrected chi connectivity index (χ2v) is 8.92. The molecule has 0 spiro atoms. The second-order valence-electron chi connectivity index (χ2n) is 8.92. The molecule has 2 N–H and O–H groups in total. The van der Waals surface area contributed by atoms with Gasteiger partial charge in [0.05, 0.1) is 18.6 Å². The quantitative estimate of drug-likeness (QED) is 0.443. The molecule has 3 aromatic heterocycles. The van der Waals surface area contributed by atoms with Crippen LogP contribution in [0.25, 0.3) is 22.1 Å². The summed E-state index contributed by atoms with van der Waals surface area (Å²) in [6.07, 6.45) is 1.86. The van der Waals surface area contributed by atoms with Gasteiger partial charge in [-0.3, -0.25) is 13.9 Å². The summed E-state index contributed by atoms with van der Waals surface area (Å²) in [5.41, 5.74) is 7.74. The topological polar surface area (TPSA) is 117 Å². The number of para-hydroxylation sites is 1. The first-order chi connectivity index (χ1) is 16.9. The van der Waals surface area contributed by atoms with Crippen molar-refractivity contribution in [1.82, 2.24) is 28.7 Å². The number of nitrogens with two attached hydrogens (primary N) is 1. The molecule has 1 fully saturated rings. The van der Waals surface area contributed by atoms with Crippen molar-refractivity contribution in [1.29, 1.82) is 0 Å².